The molecule has 1 rings (SSSR count). The molecule has 0 bridgehead atoms. The van der Waals surface area contributed by atoms with Gasteiger partial charge in [-0.2, -0.15) is 0 Å². The number of hydrogen-bond acceptors (Lipinski definition) is 4. The van der Waals surface area contributed by atoms with Gasteiger partial charge in [0.05, 0.1) is 6.61 Å². The minimum absolute atomic E-state index is 0.278. The summed E-state index contributed by atoms with van der Waals surface area (Å²) in [5.74, 6) is -0.278. The fraction of sp³-hybridized carbons (Fsp3) is 0.941. The first kappa shape index (κ1) is 18.4. The molecular weight excluding hydrogens is 264 g/mol. The molecule has 1 fully saturated rings. The van der Waals surface area contributed by atoms with Crippen LogP contribution in [-0.4, -0.2) is 42.6 Å². The third-order valence-corrected chi connectivity index (χ3v) is 5.33. The van der Waals surface area contributed by atoms with Gasteiger partial charge in [0, 0.05) is 0 Å². The lowest BCUT2D eigenvalue weighted by atomic mass is 9.74. The SMILES string of the molecule is CCOC(=O)C(C)(N)CCCN1CCC(CC)(CC)CC1. The Balaban J connectivity index is 2.30. The van der Waals surface area contributed by atoms with Crippen molar-refractivity contribution in [3.8, 4) is 0 Å². The van der Waals surface area contributed by atoms with Crippen molar-refractivity contribution in [2.24, 2.45) is 11.1 Å². The summed E-state index contributed by atoms with van der Waals surface area (Å²) in [4.78, 5) is 14.3. The van der Waals surface area contributed by atoms with Crippen LogP contribution < -0.4 is 5.73 Å². The molecule has 2 N–H and O–H groups in total. The largest absolute Gasteiger partial charge is 0.465 e. The molecular formula is C17H34N2O2. The molecule has 4 heteroatoms. The molecule has 0 aromatic rings. The zero-order valence-corrected chi connectivity index (χ0v) is 14.4. The topological polar surface area (TPSA) is 55.6 Å². The van der Waals surface area contributed by atoms with Crippen LogP contribution in [-0.2, 0) is 9.53 Å². The number of carbonyl (C=O) groups is 1. The maximum atomic E-state index is 11.7. The molecule has 1 atom stereocenters. The Bertz CT molecular complexity index is 315. The highest BCUT2D eigenvalue weighted by molar-refractivity contribution is 5.79. The molecule has 0 aliphatic carbocycles. The average Bonchev–Trinajstić information content (AvgIpc) is 2.48. The minimum Gasteiger partial charge on any atom is -0.465 e. The van der Waals surface area contributed by atoms with Crippen LogP contribution in [0, 0.1) is 5.41 Å². The van der Waals surface area contributed by atoms with Gasteiger partial charge in [-0.05, 0) is 64.6 Å². The Labute approximate surface area is 130 Å². The van der Waals surface area contributed by atoms with E-state index in [0.29, 0.717) is 18.4 Å². The van der Waals surface area contributed by atoms with Crippen LogP contribution in [0.3, 0.4) is 0 Å². The van der Waals surface area contributed by atoms with E-state index in [4.69, 9.17) is 10.5 Å². The molecule has 0 spiro atoms. The van der Waals surface area contributed by atoms with Gasteiger partial charge >= 0.3 is 5.97 Å². The van der Waals surface area contributed by atoms with Crippen LogP contribution in [0.2, 0.25) is 0 Å². The van der Waals surface area contributed by atoms with Crippen molar-refractivity contribution in [1.82, 2.24) is 4.90 Å². The van der Waals surface area contributed by atoms with E-state index in [1.807, 2.05) is 6.92 Å². The normalized spacial score (nSPS) is 21.8. The molecule has 21 heavy (non-hydrogen) atoms. The Kier molecular flexibility index (Phi) is 7.14. The van der Waals surface area contributed by atoms with E-state index >= 15 is 0 Å². The first-order valence-corrected chi connectivity index (χ1v) is 8.57. The average molecular weight is 298 g/mol. The number of rotatable bonds is 8. The molecule has 4 nitrogen and oxygen atoms in total. The summed E-state index contributed by atoms with van der Waals surface area (Å²) < 4.78 is 5.03. The molecule has 1 aliphatic heterocycles. The molecule has 1 aliphatic rings. The van der Waals surface area contributed by atoms with Gasteiger partial charge in [-0.15, -0.1) is 0 Å². The summed E-state index contributed by atoms with van der Waals surface area (Å²) in [6, 6.07) is 0. The Morgan fingerprint density at radius 3 is 2.29 bits per heavy atom. The maximum Gasteiger partial charge on any atom is 0.325 e. The van der Waals surface area contributed by atoms with Crippen LogP contribution in [0.1, 0.15) is 66.2 Å². The highest BCUT2D eigenvalue weighted by Gasteiger charge is 2.32. The van der Waals surface area contributed by atoms with Crippen LogP contribution in [0.25, 0.3) is 0 Å². The standard InChI is InChI=1S/C17H34N2O2/c1-5-17(6-2)10-13-19(14-11-17)12-8-9-16(4,18)15(20)21-7-3/h5-14,18H2,1-4H3. The fourth-order valence-electron chi connectivity index (χ4n) is 3.28. The van der Waals surface area contributed by atoms with Crippen LogP contribution in [0.5, 0.6) is 0 Å². The summed E-state index contributed by atoms with van der Waals surface area (Å²) in [5.41, 5.74) is 5.78. The lowest BCUT2D eigenvalue weighted by molar-refractivity contribution is -0.149. The lowest BCUT2D eigenvalue weighted by Gasteiger charge is -2.41. The first-order valence-electron chi connectivity index (χ1n) is 8.57. The predicted molar refractivity (Wildman–Crippen MR) is 87.1 cm³/mol. The molecule has 0 amide bonds. The zero-order valence-electron chi connectivity index (χ0n) is 14.4. The second-order valence-electron chi connectivity index (χ2n) is 6.79. The van der Waals surface area contributed by atoms with Crippen molar-refractivity contribution in [2.45, 2.75) is 71.8 Å². The van der Waals surface area contributed by atoms with Gasteiger partial charge in [-0.25, -0.2) is 0 Å². The van der Waals surface area contributed by atoms with Crippen molar-refractivity contribution >= 4 is 5.97 Å². The molecule has 0 radical (unpaired) electrons. The number of carbonyl (C=O) groups excluding carboxylic acids is 1. The molecule has 0 saturated carbocycles. The molecule has 1 heterocycles. The fourth-order valence-corrected chi connectivity index (χ4v) is 3.28. The minimum atomic E-state index is -0.845. The number of ether oxygens (including phenoxy) is 1. The Morgan fingerprint density at radius 2 is 1.81 bits per heavy atom. The van der Waals surface area contributed by atoms with E-state index in [0.717, 1.165) is 13.0 Å². The van der Waals surface area contributed by atoms with Gasteiger partial charge in [0.15, 0.2) is 0 Å². The van der Waals surface area contributed by atoms with E-state index in [1.165, 1.54) is 38.8 Å². The zero-order chi connectivity index (χ0) is 15.9. The van der Waals surface area contributed by atoms with Gasteiger partial charge < -0.3 is 15.4 Å². The van der Waals surface area contributed by atoms with Gasteiger partial charge in [-0.1, -0.05) is 26.7 Å². The quantitative estimate of drug-likeness (QED) is 0.700. The third kappa shape index (κ3) is 5.26. The van der Waals surface area contributed by atoms with E-state index in [1.54, 1.807) is 6.92 Å². The second kappa shape index (κ2) is 8.14. The third-order valence-electron chi connectivity index (χ3n) is 5.33. The monoisotopic (exact) mass is 298 g/mol. The van der Waals surface area contributed by atoms with Crippen molar-refractivity contribution < 1.29 is 9.53 Å². The van der Waals surface area contributed by atoms with Gasteiger partial charge in [-0.3, -0.25) is 4.79 Å². The van der Waals surface area contributed by atoms with Gasteiger partial charge in [0.25, 0.3) is 0 Å². The van der Waals surface area contributed by atoms with Gasteiger partial charge in [0.1, 0.15) is 5.54 Å². The second-order valence-corrected chi connectivity index (χ2v) is 6.79. The summed E-state index contributed by atoms with van der Waals surface area (Å²) in [5, 5.41) is 0. The first-order chi connectivity index (χ1) is 9.89. The molecule has 1 saturated heterocycles. The number of likely N-dealkylation sites (tertiary alicyclic amines) is 1. The van der Waals surface area contributed by atoms with Crippen molar-refractivity contribution in [1.29, 1.82) is 0 Å². The molecule has 0 aromatic carbocycles. The summed E-state index contributed by atoms with van der Waals surface area (Å²) >= 11 is 0. The predicted octanol–water partition coefficient (Wildman–Crippen LogP) is 2.95. The van der Waals surface area contributed by atoms with E-state index in [2.05, 4.69) is 18.7 Å². The summed E-state index contributed by atoms with van der Waals surface area (Å²) in [6.45, 7) is 12.0. The van der Waals surface area contributed by atoms with Crippen molar-refractivity contribution in [3.05, 3.63) is 0 Å². The molecule has 1 unspecified atom stereocenters. The number of piperidine rings is 1. The summed E-state index contributed by atoms with van der Waals surface area (Å²) in [7, 11) is 0. The molecule has 124 valence electrons. The van der Waals surface area contributed by atoms with E-state index in [9.17, 15) is 4.79 Å². The Hall–Kier alpha value is -0.610. The number of nitrogens with zero attached hydrogens (tertiary/aromatic N) is 1. The number of esters is 1. The number of hydrogen-bond donors (Lipinski definition) is 1. The van der Waals surface area contributed by atoms with Crippen molar-refractivity contribution in [2.75, 3.05) is 26.2 Å². The van der Waals surface area contributed by atoms with Gasteiger partial charge in [0.2, 0.25) is 0 Å². The molecule has 0 aromatic heterocycles. The smallest absolute Gasteiger partial charge is 0.325 e. The maximum absolute atomic E-state index is 11.7. The summed E-state index contributed by atoms with van der Waals surface area (Å²) in [6.07, 6.45) is 6.84. The van der Waals surface area contributed by atoms with E-state index in [-0.39, 0.29) is 5.97 Å². The van der Waals surface area contributed by atoms with E-state index < -0.39 is 5.54 Å². The van der Waals surface area contributed by atoms with Crippen LogP contribution in [0.4, 0.5) is 0 Å². The van der Waals surface area contributed by atoms with Crippen LogP contribution >= 0.6 is 0 Å². The highest BCUT2D eigenvalue weighted by Crippen LogP contribution is 2.37. The lowest BCUT2D eigenvalue weighted by Crippen LogP contribution is -2.47. The van der Waals surface area contributed by atoms with Crippen molar-refractivity contribution in [3.63, 3.8) is 0 Å². The highest BCUT2D eigenvalue weighted by atomic mass is 16.5. The van der Waals surface area contributed by atoms with Crippen LogP contribution in [0.15, 0.2) is 0 Å². The Morgan fingerprint density at radius 1 is 1.24 bits per heavy atom. The number of nitrogens with two attached hydrogens (primary N) is 1.